The van der Waals surface area contributed by atoms with E-state index in [2.05, 4.69) is 16.7 Å². The lowest BCUT2D eigenvalue weighted by Crippen LogP contribution is -2.00. The Bertz CT molecular complexity index is 777. The third-order valence-electron chi connectivity index (χ3n) is 3.85. The van der Waals surface area contributed by atoms with Crippen LogP contribution in [0.3, 0.4) is 0 Å². The van der Waals surface area contributed by atoms with Crippen LogP contribution in [0, 0.1) is 0 Å². The first-order valence-electron chi connectivity index (χ1n) is 6.99. The van der Waals surface area contributed by atoms with E-state index in [4.69, 9.17) is 15.5 Å². The molecule has 4 nitrogen and oxygen atoms in total. The number of aryl methyl sites for hydroxylation is 1. The second-order valence-electron chi connectivity index (χ2n) is 5.06. The van der Waals surface area contributed by atoms with Crippen LogP contribution in [0.5, 0.6) is 5.75 Å². The molecule has 2 N–H and O–H groups in total. The Morgan fingerprint density at radius 1 is 1.10 bits per heavy atom. The summed E-state index contributed by atoms with van der Waals surface area (Å²) in [7, 11) is 3.74. The predicted octanol–water partition coefficient (Wildman–Crippen LogP) is 2.63. The molecule has 2 aromatic carbocycles. The fourth-order valence-electron chi connectivity index (χ4n) is 2.66. The summed E-state index contributed by atoms with van der Waals surface area (Å²) in [5, 5.41) is 0. The van der Waals surface area contributed by atoms with Gasteiger partial charge in [-0.2, -0.15) is 0 Å². The molecule has 0 unspecified atom stereocenters. The van der Waals surface area contributed by atoms with Gasteiger partial charge in [0.1, 0.15) is 11.6 Å². The third kappa shape index (κ3) is 2.38. The zero-order valence-corrected chi connectivity index (χ0v) is 12.3. The van der Waals surface area contributed by atoms with Gasteiger partial charge in [0.25, 0.3) is 0 Å². The zero-order valence-electron chi connectivity index (χ0n) is 12.3. The van der Waals surface area contributed by atoms with Gasteiger partial charge in [-0.3, -0.25) is 0 Å². The smallest absolute Gasteiger partial charge is 0.122 e. The van der Waals surface area contributed by atoms with E-state index in [-0.39, 0.29) is 0 Å². The maximum absolute atomic E-state index is 5.80. The number of nitrogens with two attached hydrogens (primary N) is 1. The summed E-state index contributed by atoms with van der Waals surface area (Å²) in [6.45, 7) is 0.502. The molecule has 0 atom stereocenters. The number of methoxy groups -OCH3 is 1. The number of benzene rings is 2. The van der Waals surface area contributed by atoms with Crippen molar-refractivity contribution in [2.45, 2.75) is 13.0 Å². The van der Waals surface area contributed by atoms with Crippen molar-refractivity contribution in [3.63, 3.8) is 0 Å². The Kier molecular flexibility index (Phi) is 3.62. The van der Waals surface area contributed by atoms with Crippen LogP contribution in [0.25, 0.3) is 11.0 Å². The van der Waals surface area contributed by atoms with Crippen molar-refractivity contribution >= 4 is 11.0 Å². The molecule has 0 fully saturated rings. The number of para-hydroxylation sites is 2. The van der Waals surface area contributed by atoms with Crippen molar-refractivity contribution < 1.29 is 4.74 Å². The standard InChI is InChI=1S/C17H19N3O/c1-20-14-8-5-7-13(11-18)17(14)19-16(20)10-12-6-3-4-9-15(12)21-2/h3-9H,10-11,18H2,1-2H3. The van der Waals surface area contributed by atoms with Gasteiger partial charge in [0.05, 0.1) is 18.1 Å². The largest absolute Gasteiger partial charge is 0.496 e. The van der Waals surface area contributed by atoms with Crippen molar-refractivity contribution in [2.75, 3.05) is 7.11 Å². The highest BCUT2D eigenvalue weighted by Crippen LogP contribution is 2.24. The van der Waals surface area contributed by atoms with Gasteiger partial charge >= 0.3 is 0 Å². The van der Waals surface area contributed by atoms with Gasteiger partial charge in [0.2, 0.25) is 0 Å². The molecule has 1 aromatic heterocycles. The second kappa shape index (κ2) is 5.58. The number of imidazole rings is 1. The van der Waals surface area contributed by atoms with E-state index in [0.29, 0.717) is 6.54 Å². The van der Waals surface area contributed by atoms with Crippen LogP contribution in [0.4, 0.5) is 0 Å². The molecule has 3 rings (SSSR count). The van der Waals surface area contributed by atoms with Gasteiger partial charge in [-0.15, -0.1) is 0 Å². The number of hydrogen-bond donors (Lipinski definition) is 1. The average molecular weight is 281 g/mol. The van der Waals surface area contributed by atoms with Crippen LogP contribution in [0.15, 0.2) is 42.5 Å². The fourth-order valence-corrected chi connectivity index (χ4v) is 2.66. The number of aromatic nitrogens is 2. The van der Waals surface area contributed by atoms with Crippen LogP contribution in [-0.2, 0) is 20.0 Å². The molecule has 108 valence electrons. The molecule has 0 spiro atoms. The number of ether oxygens (including phenoxy) is 1. The summed E-state index contributed by atoms with van der Waals surface area (Å²) < 4.78 is 7.55. The van der Waals surface area contributed by atoms with Crippen molar-refractivity contribution in [1.29, 1.82) is 0 Å². The van der Waals surface area contributed by atoms with E-state index in [9.17, 15) is 0 Å². The van der Waals surface area contributed by atoms with Gasteiger partial charge < -0.3 is 15.0 Å². The number of nitrogens with zero attached hydrogens (tertiary/aromatic N) is 2. The molecule has 0 saturated carbocycles. The van der Waals surface area contributed by atoms with Gasteiger partial charge in [0.15, 0.2) is 0 Å². The van der Waals surface area contributed by atoms with E-state index in [1.165, 1.54) is 0 Å². The van der Waals surface area contributed by atoms with Crippen molar-refractivity contribution in [1.82, 2.24) is 9.55 Å². The Hall–Kier alpha value is -2.33. The monoisotopic (exact) mass is 281 g/mol. The fraction of sp³-hybridized carbons (Fsp3) is 0.235. The minimum atomic E-state index is 0.502. The maximum atomic E-state index is 5.80. The first kappa shape index (κ1) is 13.6. The SMILES string of the molecule is COc1ccccc1Cc1nc2c(CN)cccc2n1C. The second-order valence-corrected chi connectivity index (χ2v) is 5.06. The van der Waals surface area contributed by atoms with Crippen LogP contribution in [0.1, 0.15) is 17.0 Å². The van der Waals surface area contributed by atoms with Gasteiger partial charge in [-0.1, -0.05) is 30.3 Å². The van der Waals surface area contributed by atoms with Gasteiger partial charge in [-0.05, 0) is 17.7 Å². The lowest BCUT2D eigenvalue weighted by atomic mass is 10.1. The van der Waals surface area contributed by atoms with Crippen LogP contribution in [-0.4, -0.2) is 16.7 Å². The molecule has 21 heavy (non-hydrogen) atoms. The van der Waals surface area contributed by atoms with Crippen LogP contribution < -0.4 is 10.5 Å². The summed E-state index contributed by atoms with van der Waals surface area (Å²) in [5.41, 5.74) is 10.1. The lowest BCUT2D eigenvalue weighted by molar-refractivity contribution is 0.410. The normalized spacial score (nSPS) is 11.0. The average Bonchev–Trinajstić information content (AvgIpc) is 2.84. The van der Waals surface area contributed by atoms with E-state index in [1.807, 2.05) is 37.4 Å². The molecule has 0 aliphatic heterocycles. The predicted molar refractivity (Wildman–Crippen MR) is 84.4 cm³/mol. The van der Waals surface area contributed by atoms with E-state index >= 15 is 0 Å². The zero-order chi connectivity index (χ0) is 14.8. The minimum Gasteiger partial charge on any atom is -0.496 e. The van der Waals surface area contributed by atoms with Crippen molar-refractivity contribution in [2.24, 2.45) is 12.8 Å². The highest BCUT2D eigenvalue weighted by molar-refractivity contribution is 5.79. The molecule has 3 aromatic rings. The Labute approximate surface area is 124 Å². The Morgan fingerprint density at radius 2 is 1.86 bits per heavy atom. The molecular formula is C17H19N3O. The summed E-state index contributed by atoms with van der Waals surface area (Å²) in [6.07, 6.45) is 0.735. The molecular weight excluding hydrogens is 262 g/mol. The highest BCUT2D eigenvalue weighted by Gasteiger charge is 2.12. The Balaban J connectivity index is 2.07. The summed E-state index contributed by atoms with van der Waals surface area (Å²) in [5.74, 6) is 1.90. The highest BCUT2D eigenvalue weighted by atomic mass is 16.5. The first-order valence-corrected chi connectivity index (χ1v) is 6.99. The van der Waals surface area contributed by atoms with Gasteiger partial charge in [0, 0.05) is 25.6 Å². The number of rotatable bonds is 4. The topological polar surface area (TPSA) is 53.1 Å². The summed E-state index contributed by atoms with van der Waals surface area (Å²) in [4.78, 5) is 4.78. The maximum Gasteiger partial charge on any atom is 0.122 e. The summed E-state index contributed by atoms with van der Waals surface area (Å²) in [6, 6.07) is 14.2. The molecule has 0 aliphatic carbocycles. The molecule has 1 heterocycles. The quantitative estimate of drug-likeness (QED) is 0.800. The molecule has 0 saturated heterocycles. The van der Waals surface area contributed by atoms with Crippen molar-refractivity contribution in [3.8, 4) is 5.75 Å². The van der Waals surface area contributed by atoms with E-state index in [1.54, 1.807) is 7.11 Å². The molecule has 0 bridgehead atoms. The third-order valence-corrected chi connectivity index (χ3v) is 3.85. The Morgan fingerprint density at radius 3 is 2.62 bits per heavy atom. The molecule has 0 radical (unpaired) electrons. The molecule has 0 amide bonds. The minimum absolute atomic E-state index is 0.502. The number of fused-ring (bicyclic) bond motifs is 1. The van der Waals surface area contributed by atoms with Crippen LogP contribution >= 0.6 is 0 Å². The summed E-state index contributed by atoms with van der Waals surface area (Å²) >= 11 is 0. The van der Waals surface area contributed by atoms with Crippen molar-refractivity contribution in [3.05, 3.63) is 59.4 Å². The van der Waals surface area contributed by atoms with E-state index < -0.39 is 0 Å². The molecule has 0 aliphatic rings. The molecule has 4 heteroatoms. The number of hydrogen-bond acceptors (Lipinski definition) is 3. The van der Waals surface area contributed by atoms with Gasteiger partial charge in [-0.25, -0.2) is 4.98 Å². The van der Waals surface area contributed by atoms with Crippen LogP contribution in [0.2, 0.25) is 0 Å². The first-order chi connectivity index (χ1) is 10.2. The van der Waals surface area contributed by atoms with E-state index in [0.717, 1.165) is 40.2 Å². The lowest BCUT2D eigenvalue weighted by Gasteiger charge is -2.08.